The molecule has 0 spiro atoms. The minimum Gasteiger partial charge on any atom is -0.471 e. The molecule has 0 fully saturated rings. The lowest BCUT2D eigenvalue weighted by molar-refractivity contribution is -0.143. The highest BCUT2D eigenvalue weighted by Crippen LogP contribution is 2.47. The van der Waals surface area contributed by atoms with Gasteiger partial charge in [0, 0.05) is 18.9 Å². The number of hydrogen-bond donors (Lipinski definition) is 1. The number of hydrogen-bond acceptors (Lipinski definition) is 4. The number of benzene rings is 2. The number of carbonyl (C=O) groups excluding carboxylic acids is 1. The lowest BCUT2D eigenvalue weighted by atomic mass is 9.94. The lowest BCUT2D eigenvalue weighted by Gasteiger charge is -2.24. The van der Waals surface area contributed by atoms with E-state index in [1.54, 1.807) is 5.92 Å². The maximum absolute atomic E-state index is 13.8. The van der Waals surface area contributed by atoms with Gasteiger partial charge in [0.25, 0.3) is 0 Å². The minimum atomic E-state index is -5.36. The van der Waals surface area contributed by atoms with E-state index in [-0.39, 0.29) is 18.5 Å². The zero-order chi connectivity index (χ0) is 24.6. The van der Waals surface area contributed by atoms with Crippen molar-refractivity contribution in [1.29, 1.82) is 0 Å². The van der Waals surface area contributed by atoms with Crippen molar-refractivity contribution in [3.63, 3.8) is 0 Å². The summed E-state index contributed by atoms with van der Waals surface area (Å²) in [6, 6.07) is 4.05. The third-order valence-corrected chi connectivity index (χ3v) is 4.50. The van der Waals surface area contributed by atoms with E-state index >= 15 is 0 Å². The van der Waals surface area contributed by atoms with Crippen molar-refractivity contribution in [3.05, 3.63) is 64.6 Å². The molecule has 0 aliphatic carbocycles. The molecule has 0 radical (unpaired) electrons. The number of anilines is 1. The van der Waals surface area contributed by atoms with Gasteiger partial charge in [-0.15, -0.1) is 6.42 Å². The summed E-state index contributed by atoms with van der Waals surface area (Å²) in [5.41, 5.74) is -5.47. The molecule has 2 aromatic rings. The van der Waals surface area contributed by atoms with Crippen molar-refractivity contribution in [2.45, 2.75) is 12.4 Å². The van der Waals surface area contributed by atoms with Gasteiger partial charge >= 0.3 is 18.4 Å². The molecule has 1 heterocycles. The third-order valence-electron chi connectivity index (χ3n) is 4.50. The van der Waals surface area contributed by atoms with E-state index < -0.39 is 58.0 Å². The molecule has 0 aromatic heterocycles. The molecule has 3 rings (SSSR count). The molecule has 0 atom stereocenters. The summed E-state index contributed by atoms with van der Waals surface area (Å²) in [4.78, 5) is 13.4. The fourth-order valence-electron chi connectivity index (χ4n) is 2.96. The number of amides is 1. The van der Waals surface area contributed by atoms with Gasteiger partial charge in [0.15, 0.2) is 12.5 Å². The Bertz CT molecular complexity index is 1150. The first-order chi connectivity index (χ1) is 15.3. The van der Waals surface area contributed by atoms with Crippen molar-refractivity contribution in [2.75, 3.05) is 18.7 Å². The fourth-order valence-corrected chi connectivity index (χ4v) is 2.96. The van der Waals surface area contributed by atoms with Gasteiger partial charge in [-0.3, -0.25) is 4.90 Å². The van der Waals surface area contributed by atoms with Crippen LogP contribution in [0.2, 0.25) is 0 Å². The van der Waals surface area contributed by atoms with Crippen LogP contribution in [0.1, 0.15) is 22.3 Å². The van der Waals surface area contributed by atoms with Gasteiger partial charge in [0.2, 0.25) is 0 Å². The Balaban J connectivity index is 2.23. The van der Waals surface area contributed by atoms with E-state index in [0.29, 0.717) is 0 Å². The number of halogens is 7. The number of nitrogens with zero attached hydrogens (tertiary/aromatic N) is 1. The maximum atomic E-state index is 13.8. The summed E-state index contributed by atoms with van der Waals surface area (Å²) in [5, 5.41) is 2.47. The van der Waals surface area contributed by atoms with Crippen molar-refractivity contribution in [2.24, 2.45) is 0 Å². The maximum Gasteiger partial charge on any atom is 0.420 e. The van der Waals surface area contributed by atoms with Crippen molar-refractivity contribution in [3.8, 4) is 18.1 Å². The van der Waals surface area contributed by atoms with Crippen LogP contribution in [0.3, 0.4) is 0 Å². The van der Waals surface area contributed by atoms with Crippen LogP contribution in [0.5, 0.6) is 5.75 Å². The van der Waals surface area contributed by atoms with Gasteiger partial charge in [-0.25, -0.2) is 9.18 Å². The van der Waals surface area contributed by atoms with E-state index in [1.165, 1.54) is 0 Å². The van der Waals surface area contributed by atoms with Gasteiger partial charge in [-0.1, -0.05) is 5.92 Å². The van der Waals surface area contributed by atoms with E-state index in [9.17, 15) is 35.5 Å². The SMILES string of the molecule is C#Cc1c(C(F)(F)F)cc(C(F)(F)F)c(OC(=O)N(C)c2ccc(F)cc2)c1C1=CNCO1. The predicted molar refractivity (Wildman–Crippen MR) is 102 cm³/mol. The fraction of sp³-hybridized carbons (Fsp3) is 0.190. The van der Waals surface area contributed by atoms with Gasteiger partial charge in [0.05, 0.1) is 22.3 Å². The second-order valence-corrected chi connectivity index (χ2v) is 6.60. The van der Waals surface area contributed by atoms with Crippen molar-refractivity contribution < 1.29 is 45.0 Å². The molecule has 0 unspecified atom stereocenters. The summed E-state index contributed by atoms with van der Waals surface area (Å²) in [6.07, 6.45) is -5.80. The first-order valence-corrected chi connectivity index (χ1v) is 8.94. The Kier molecular flexibility index (Phi) is 6.18. The standard InChI is InChI=1S/C21H13F7N2O3/c1-3-13-14(20(23,24)25)8-15(21(26,27)28)18(17(13)16-9-29-10-32-16)33-19(31)30(2)12-6-4-11(22)5-7-12/h1,4-9,29H,10H2,2H3. The topological polar surface area (TPSA) is 50.8 Å². The Hall–Kier alpha value is -3.88. The molecule has 1 aliphatic heterocycles. The van der Waals surface area contributed by atoms with E-state index in [1.807, 2.05) is 0 Å². The van der Waals surface area contributed by atoms with Crippen LogP contribution in [0.4, 0.5) is 41.2 Å². The molecular formula is C21H13F7N2O3. The number of ether oxygens (including phenoxy) is 2. The molecule has 2 aromatic carbocycles. The van der Waals surface area contributed by atoms with Gasteiger partial charge in [0.1, 0.15) is 11.6 Å². The Labute approximate surface area is 182 Å². The Morgan fingerprint density at radius 2 is 1.73 bits per heavy atom. The monoisotopic (exact) mass is 474 g/mol. The number of alkyl halides is 6. The number of terminal acetylenes is 1. The lowest BCUT2D eigenvalue weighted by Crippen LogP contribution is -2.31. The summed E-state index contributed by atoms with van der Waals surface area (Å²) >= 11 is 0. The summed E-state index contributed by atoms with van der Waals surface area (Å²) in [6.45, 7) is -0.264. The van der Waals surface area contributed by atoms with E-state index in [4.69, 9.17) is 15.9 Å². The highest BCUT2D eigenvalue weighted by atomic mass is 19.4. The van der Waals surface area contributed by atoms with Crippen LogP contribution >= 0.6 is 0 Å². The molecule has 5 nitrogen and oxygen atoms in total. The Morgan fingerprint density at radius 3 is 2.21 bits per heavy atom. The molecule has 1 amide bonds. The summed E-state index contributed by atoms with van der Waals surface area (Å²) in [5.74, 6) is -0.659. The molecule has 174 valence electrons. The largest absolute Gasteiger partial charge is 0.471 e. The molecule has 1 aliphatic rings. The second-order valence-electron chi connectivity index (χ2n) is 6.60. The molecule has 0 saturated carbocycles. The zero-order valence-electron chi connectivity index (χ0n) is 16.6. The van der Waals surface area contributed by atoms with Crippen LogP contribution in [0.15, 0.2) is 36.5 Å². The second kappa shape index (κ2) is 8.57. The number of carbonyl (C=O) groups is 1. The van der Waals surface area contributed by atoms with Crippen LogP contribution in [-0.4, -0.2) is 19.9 Å². The molecule has 0 saturated heterocycles. The smallest absolute Gasteiger partial charge is 0.420 e. The quantitative estimate of drug-likeness (QED) is 0.481. The molecule has 1 N–H and O–H groups in total. The predicted octanol–water partition coefficient (Wildman–Crippen LogP) is 5.36. The van der Waals surface area contributed by atoms with Gasteiger partial charge < -0.3 is 14.8 Å². The van der Waals surface area contributed by atoms with Crippen molar-refractivity contribution in [1.82, 2.24) is 5.32 Å². The van der Waals surface area contributed by atoms with Crippen LogP contribution in [-0.2, 0) is 17.1 Å². The molecule has 12 heteroatoms. The average Bonchev–Trinajstić information content (AvgIpc) is 3.25. The highest BCUT2D eigenvalue weighted by molar-refractivity contribution is 5.90. The van der Waals surface area contributed by atoms with Crippen LogP contribution < -0.4 is 15.0 Å². The number of rotatable bonds is 3. The molecule has 0 bridgehead atoms. The van der Waals surface area contributed by atoms with Crippen LogP contribution in [0.25, 0.3) is 5.76 Å². The van der Waals surface area contributed by atoms with Gasteiger partial charge in [-0.2, -0.15) is 26.3 Å². The molecule has 33 heavy (non-hydrogen) atoms. The van der Waals surface area contributed by atoms with Crippen LogP contribution in [0, 0.1) is 18.2 Å². The average molecular weight is 474 g/mol. The third kappa shape index (κ3) is 4.82. The van der Waals surface area contributed by atoms with E-state index in [0.717, 1.165) is 42.4 Å². The normalized spacial score (nSPS) is 13.5. The first kappa shape index (κ1) is 23.8. The highest BCUT2D eigenvalue weighted by Gasteiger charge is 2.44. The first-order valence-electron chi connectivity index (χ1n) is 8.94. The zero-order valence-corrected chi connectivity index (χ0v) is 16.6. The summed E-state index contributed by atoms with van der Waals surface area (Å²) in [7, 11) is 1.11. The number of nitrogens with one attached hydrogen (secondary N) is 1. The molecular weight excluding hydrogens is 461 g/mol. The van der Waals surface area contributed by atoms with E-state index in [2.05, 4.69) is 5.32 Å². The van der Waals surface area contributed by atoms with Crippen molar-refractivity contribution >= 4 is 17.5 Å². The Morgan fingerprint density at radius 1 is 1.12 bits per heavy atom. The minimum absolute atomic E-state index is 0.0404. The summed E-state index contributed by atoms with van der Waals surface area (Å²) < 4.78 is 105. The van der Waals surface area contributed by atoms with Gasteiger partial charge in [-0.05, 0) is 30.3 Å².